The molecular formula is C13H18BrNO5S. The maximum absolute atomic E-state index is 12.4. The number of hydrogen-bond donors (Lipinski definition) is 2. The molecule has 1 aromatic rings. The van der Waals surface area contributed by atoms with Gasteiger partial charge in [0.05, 0.1) is 12.0 Å². The molecule has 0 saturated heterocycles. The van der Waals surface area contributed by atoms with Crippen molar-refractivity contribution in [3.8, 4) is 5.75 Å². The zero-order valence-corrected chi connectivity index (χ0v) is 14.4. The molecule has 0 aliphatic heterocycles. The van der Waals surface area contributed by atoms with Gasteiger partial charge in [-0.3, -0.25) is 4.79 Å². The lowest BCUT2D eigenvalue weighted by Gasteiger charge is -2.25. The van der Waals surface area contributed by atoms with E-state index in [9.17, 15) is 13.2 Å². The number of rotatable bonds is 7. The summed E-state index contributed by atoms with van der Waals surface area (Å²) >= 11 is 3.20. The Hall–Kier alpha value is -1.12. The van der Waals surface area contributed by atoms with E-state index in [1.165, 1.54) is 13.2 Å². The van der Waals surface area contributed by atoms with Crippen LogP contribution in [0.25, 0.3) is 0 Å². The Labute approximate surface area is 132 Å². The third-order valence-corrected chi connectivity index (χ3v) is 5.48. The second-order valence-electron chi connectivity index (χ2n) is 5.18. The summed E-state index contributed by atoms with van der Waals surface area (Å²) in [5.74, 6) is -0.432. The van der Waals surface area contributed by atoms with Crippen LogP contribution >= 0.6 is 15.9 Å². The zero-order chi connectivity index (χ0) is 16.3. The minimum Gasteiger partial charge on any atom is -0.497 e. The fraction of sp³-hybridized carbons (Fsp3) is 0.462. The zero-order valence-electron chi connectivity index (χ0n) is 12.0. The minimum absolute atomic E-state index is 0.0756. The van der Waals surface area contributed by atoms with Gasteiger partial charge >= 0.3 is 5.97 Å². The Morgan fingerprint density at radius 3 is 2.52 bits per heavy atom. The molecule has 1 rings (SSSR count). The van der Waals surface area contributed by atoms with Gasteiger partial charge in [-0.05, 0) is 54.4 Å². The average Bonchev–Trinajstić information content (AvgIpc) is 2.34. The van der Waals surface area contributed by atoms with E-state index in [-0.39, 0.29) is 17.7 Å². The third kappa shape index (κ3) is 5.29. The van der Waals surface area contributed by atoms with E-state index in [0.29, 0.717) is 10.2 Å². The molecule has 0 aliphatic carbocycles. The van der Waals surface area contributed by atoms with Crippen molar-refractivity contribution in [2.24, 2.45) is 0 Å². The minimum atomic E-state index is -3.77. The van der Waals surface area contributed by atoms with Gasteiger partial charge in [0.1, 0.15) is 5.75 Å². The van der Waals surface area contributed by atoms with Crippen LogP contribution in [0.2, 0.25) is 0 Å². The van der Waals surface area contributed by atoms with Gasteiger partial charge in [0, 0.05) is 16.4 Å². The quantitative estimate of drug-likeness (QED) is 0.758. The van der Waals surface area contributed by atoms with Crippen LogP contribution in [0.4, 0.5) is 0 Å². The van der Waals surface area contributed by atoms with Crippen molar-refractivity contribution in [2.45, 2.75) is 37.1 Å². The molecule has 2 N–H and O–H groups in total. The molecule has 8 heteroatoms. The van der Waals surface area contributed by atoms with E-state index in [1.807, 2.05) is 0 Å². The summed E-state index contributed by atoms with van der Waals surface area (Å²) in [7, 11) is -2.28. The lowest BCUT2D eigenvalue weighted by molar-refractivity contribution is -0.137. The van der Waals surface area contributed by atoms with Crippen molar-refractivity contribution >= 4 is 31.9 Å². The van der Waals surface area contributed by atoms with Crippen LogP contribution < -0.4 is 9.46 Å². The fourth-order valence-corrected chi connectivity index (χ4v) is 4.22. The SMILES string of the molecule is COc1ccc(S(=O)(=O)NC(C)(C)CCC(=O)O)c(Br)c1. The highest BCUT2D eigenvalue weighted by atomic mass is 79.9. The van der Waals surface area contributed by atoms with Crippen LogP contribution in [0.15, 0.2) is 27.6 Å². The summed E-state index contributed by atoms with van der Waals surface area (Å²) in [5, 5.41) is 8.70. The highest BCUT2D eigenvalue weighted by Gasteiger charge is 2.28. The first-order valence-electron chi connectivity index (χ1n) is 6.17. The third-order valence-electron chi connectivity index (χ3n) is 2.80. The Bertz CT molecular complexity index is 627. The van der Waals surface area contributed by atoms with Crippen molar-refractivity contribution in [3.63, 3.8) is 0 Å². The number of sulfonamides is 1. The highest BCUT2D eigenvalue weighted by molar-refractivity contribution is 9.10. The van der Waals surface area contributed by atoms with E-state index in [4.69, 9.17) is 9.84 Å². The first-order valence-corrected chi connectivity index (χ1v) is 8.44. The molecule has 0 heterocycles. The van der Waals surface area contributed by atoms with E-state index < -0.39 is 21.5 Å². The maximum atomic E-state index is 12.4. The van der Waals surface area contributed by atoms with Crippen molar-refractivity contribution in [2.75, 3.05) is 7.11 Å². The van der Waals surface area contributed by atoms with Gasteiger partial charge in [-0.2, -0.15) is 0 Å². The average molecular weight is 380 g/mol. The lowest BCUT2D eigenvalue weighted by Crippen LogP contribution is -2.43. The lowest BCUT2D eigenvalue weighted by atomic mass is 10.0. The Morgan fingerprint density at radius 1 is 1.43 bits per heavy atom. The van der Waals surface area contributed by atoms with Gasteiger partial charge in [-0.1, -0.05) is 0 Å². The largest absolute Gasteiger partial charge is 0.497 e. The summed E-state index contributed by atoms with van der Waals surface area (Å²) in [6.45, 7) is 3.29. The van der Waals surface area contributed by atoms with Crippen molar-refractivity contribution < 1.29 is 23.1 Å². The number of carbonyl (C=O) groups is 1. The number of benzene rings is 1. The van der Waals surface area contributed by atoms with Crippen LogP contribution in [-0.2, 0) is 14.8 Å². The molecule has 1 aromatic carbocycles. The maximum Gasteiger partial charge on any atom is 0.303 e. The topological polar surface area (TPSA) is 92.7 Å². The standard InChI is InChI=1S/C13H18BrNO5S/c1-13(2,7-6-12(16)17)15-21(18,19)11-5-4-9(20-3)8-10(11)14/h4-5,8,15H,6-7H2,1-3H3,(H,16,17). The molecule has 0 atom stereocenters. The number of aliphatic carboxylic acids is 1. The Morgan fingerprint density at radius 2 is 2.05 bits per heavy atom. The van der Waals surface area contributed by atoms with Gasteiger partial charge < -0.3 is 9.84 Å². The molecule has 0 amide bonds. The summed E-state index contributed by atoms with van der Waals surface area (Å²) in [6, 6.07) is 4.53. The number of carboxylic acids is 1. The summed E-state index contributed by atoms with van der Waals surface area (Å²) in [6.07, 6.45) is 0.0780. The van der Waals surface area contributed by atoms with Crippen LogP contribution in [-0.4, -0.2) is 32.1 Å². The molecule has 0 radical (unpaired) electrons. The van der Waals surface area contributed by atoms with Gasteiger partial charge in [-0.25, -0.2) is 13.1 Å². The van der Waals surface area contributed by atoms with Crippen molar-refractivity contribution in [3.05, 3.63) is 22.7 Å². The smallest absolute Gasteiger partial charge is 0.303 e. The molecular weight excluding hydrogens is 362 g/mol. The van der Waals surface area contributed by atoms with Gasteiger partial charge in [0.25, 0.3) is 0 Å². The fourth-order valence-electron chi connectivity index (χ4n) is 1.72. The van der Waals surface area contributed by atoms with Crippen LogP contribution in [0.5, 0.6) is 5.75 Å². The van der Waals surface area contributed by atoms with Crippen LogP contribution in [0.3, 0.4) is 0 Å². The molecule has 0 saturated carbocycles. The van der Waals surface area contributed by atoms with Crippen molar-refractivity contribution in [1.29, 1.82) is 0 Å². The monoisotopic (exact) mass is 379 g/mol. The molecule has 21 heavy (non-hydrogen) atoms. The number of nitrogens with one attached hydrogen (secondary N) is 1. The Balaban J connectivity index is 2.98. The van der Waals surface area contributed by atoms with Crippen LogP contribution in [0, 0.1) is 0 Å². The van der Waals surface area contributed by atoms with E-state index >= 15 is 0 Å². The van der Waals surface area contributed by atoms with Crippen LogP contribution in [0.1, 0.15) is 26.7 Å². The predicted molar refractivity (Wildman–Crippen MR) is 82.0 cm³/mol. The molecule has 118 valence electrons. The second kappa shape index (κ2) is 6.76. The van der Waals surface area contributed by atoms with Gasteiger partial charge in [-0.15, -0.1) is 0 Å². The second-order valence-corrected chi connectivity index (χ2v) is 7.68. The normalized spacial score (nSPS) is 12.2. The van der Waals surface area contributed by atoms with Gasteiger partial charge in [0.15, 0.2) is 0 Å². The van der Waals surface area contributed by atoms with E-state index in [0.717, 1.165) is 0 Å². The Kier molecular flexibility index (Phi) is 5.77. The summed E-state index contributed by atoms with van der Waals surface area (Å²) in [4.78, 5) is 10.7. The molecule has 0 aromatic heterocycles. The van der Waals surface area contributed by atoms with Gasteiger partial charge in [0.2, 0.25) is 10.0 Å². The number of methoxy groups -OCH3 is 1. The number of carboxylic acid groups (broad SMARTS) is 1. The van der Waals surface area contributed by atoms with Crippen molar-refractivity contribution in [1.82, 2.24) is 4.72 Å². The summed E-state index contributed by atoms with van der Waals surface area (Å²) in [5.41, 5.74) is -0.864. The molecule has 0 spiro atoms. The van der Waals surface area contributed by atoms with E-state index in [2.05, 4.69) is 20.7 Å². The molecule has 0 bridgehead atoms. The number of halogens is 1. The highest BCUT2D eigenvalue weighted by Crippen LogP contribution is 2.27. The summed E-state index contributed by atoms with van der Waals surface area (Å²) < 4.78 is 32.7. The van der Waals surface area contributed by atoms with E-state index in [1.54, 1.807) is 26.0 Å². The first kappa shape index (κ1) is 17.9. The molecule has 0 unspecified atom stereocenters. The molecule has 0 aliphatic rings. The first-order chi connectivity index (χ1) is 9.57. The predicted octanol–water partition coefficient (Wildman–Crippen LogP) is 2.38. The molecule has 6 nitrogen and oxygen atoms in total. The molecule has 0 fully saturated rings. The number of hydrogen-bond acceptors (Lipinski definition) is 4. The number of ether oxygens (including phenoxy) is 1.